The molecule has 3 aliphatic heterocycles. The van der Waals surface area contributed by atoms with E-state index in [1.807, 2.05) is 0 Å². The van der Waals surface area contributed by atoms with Gasteiger partial charge in [0.1, 0.15) is 5.82 Å². The average molecular weight is 277 g/mol. The van der Waals surface area contributed by atoms with E-state index in [1.54, 1.807) is 0 Å². The first kappa shape index (κ1) is 12.6. The van der Waals surface area contributed by atoms with E-state index in [-0.39, 0.29) is 0 Å². The normalized spacial score (nSPS) is 34.2. The van der Waals surface area contributed by atoms with E-state index in [4.69, 9.17) is 9.72 Å². The quantitative estimate of drug-likeness (QED) is 0.840. The molecule has 3 aliphatic rings. The zero-order valence-electron chi connectivity index (χ0n) is 11.8. The molecule has 1 aromatic rings. The molecule has 4 rings (SSSR count). The summed E-state index contributed by atoms with van der Waals surface area (Å²) in [6.07, 6.45) is 4.86. The summed E-state index contributed by atoms with van der Waals surface area (Å²) in [6, 6.07) is 0.579. The molecule has 20 heavy (non-hydrogen) atoms. The number of H-pyrrole nitrogens is 1. The number of rotatable bonds is 2. The first-order valence-corrected chi connectivity index (χ1v) is 7.89. The SMILES string of the molecule is C1COCC(c2nc(N3CCCC4CNCC43)n[nH]2)C1. The Labute approximate surface area is 119 Å². The molecule has 0 aliphatic carbocycles. The van der Waals surface area contributed by atoms with Crippen molar-refractivity contribution in [2.45, 2.75) is 37.6 Å². The fourth-order valence-corrected chi connectivity index (χ4v) is 3.85. The van der Waals surface area contributed by atoms with E-state index in [0.717, 1.165) is 63.4 Å². The van der Waals surface area contributed by atoms with Crippen LogP contribution in [0.4, 0.5) is 5.95 Å². The van der Waals surface area contributed by atoms with Crippen LogP contribution in [0.15, 0.2) is 0 Å². The highest BCUT2D eigenvalue weighted by Crippen LogP contribution is 2.30. The molecule has 110 valence electrons. The van der Waals surface area contributed by atoms with Gasteiger partial charge in [-0.3, -0.25) is 5.10 Å². The number of hydrogen-bond donors (Lipinski definition) is 2. The first-order chi connectivity index (χ1) is 9.92. The molecule has 0 aromatic carbocycles. The van der Waals surface area contributed by atoms with Gasteiger partial charge in [-0.2, -0.15) is 4.98 Å². The van der Waals surface area contributed by atoms with Crippen LogP contribution < -0.4 is 10.2 Å². The van der Waals surface area contributed by atoms with Gasteiger partial charge in [0.05, 0.1) is 6.61 Å². The molecule has 1 aromatic heterocycles. The first-order valence-electron chi connectivity index (χ1n) is 7.89. The van der Waals surface area contributed by atoms with E-state index in [0.29, 0.717) is 12.0 Å². The van der Waals surface area contributed by atoms with E-state index in [1.165, 1.54) is 12.8 Å². The summed E-state index contributed by atoms with van der Waals surface area (Å²) < 4.78 is 5.55. The van der Waals surface area contributed by atoms with Crippen LogP contribution in [0.2, 0.25) is 0 Å². The van der Waals surface area contributed by atoms with Gasteiger partial charge >= 0.3 is 0 Å². The summed E-state index contributed by atoms with van der Waals surface area (Å²) in [5, 5.41) is 11.1. The van der Waals surface area contributed by atoms with E-state index in [2.05, 4.69) is 20.4 Å². The Bertz CT molecular complexity index is 456. The second-order valence-electron chi connectivity index (χ2n) is 6.26. The van der Waals surface area contributed by atoms with Crippen molar-refractivity contribution in [3.8, 4) is 0 Å². The second-order valence-corrected chi connectivity index (χ2v) is 6.26. The number of nitrogens with zero attached hydrogens (tertiary/aromatic N) is 3. The molecule has 3 atom stereocenters. The minimum absolute atomic E-state index is 0.396. The zero-order valence-corrected chi connectivity index (χ0v) is 11.8. The van der Waals surface area contributed by atoms with Crippen LogP contribution in [0.25, 0.3) is 0 Å². The highest BCUT2D eigenvalue weighted by Gasteiger charge is 2.36. The molecule has 0 radical (unpaired) electrons. The predicted octanol–water partition coefficient (Wildman–Crippen LogP) is 0.887. The van der Waals surface area contributed by atoms with Crippen molar-refractivity contribution in [1.29, 1.82) is 0 Å². The van der Waals surface area contributed by atoms with Crippen LogP contribution in [-0.2, 0) is 4.74 Å². The molecule has 2 N–H and O–H groups in total. The Hall–Kier alpha value is -1.14. The van der Waals surface area contributed by atoms with Gasteiger partial charge in [-0.25, -0.2) is 0 Å². The number of fused-ring (bicyclic) bond motifs is 1. The van der Waals surface area contributed by atoms with Gasteiger partial charge in [-0.05, 0) is 31.6 Å². The molecule has 6 nitrogen and oxygen atoms in total. The standard InChI is InChI=1S/C14H23N5O/c1-3-10-7-15-8-12(10)19(5-1)14-16-13(17-18-14)11-4-2-6-20-9-11/h10-12,15H,1-9H2,(H,16,17,18). The monoisotopic (exact) mass is 277 g/mol. The lowest BCUT2D eigenvalue weighted by Gasteiger charge is -2.36. The lowest BCUT2D eigenvalue weighted by molar-refractivity contribution is 0.0781. The molecule has 0 saturated carbocycles. The van der Waals surface area contributed by atoms with E-state index >= 15 is 0 Å². The summed E-state index contributed by atoms with van der Waals surface area (Å²) in [6.45, 7) is 4.97. The summed E-state index contributed by atoms with van der Waals surface area (Å²) in [5.41, 5.74) is 0. The van der Waals surface area contributed by atoms with Gasteiger partial charge in [0.2, 0.25) is 5.95 Å². The maximum absolute atomic E-state index is 5.55. The van der Waals surface area contributed by atoms with Crippen LogP contribution in [-0.4, -0.2) is 54.1 Å². The lowest BCUT2D eigenvalue weighted by Crippen LogP contribution is -2.45. The Morgan fingerprint density at radius 2 is 2.20 bits per heavy atom. The average Bonchev–Trinajstić information content (AvgIpc) is 3.17. The Morgan fingerprint density at radius 3 is 3.10 bits per heavy atom. The lowest BCUT2D eigenvalue weighted by atomic mass is 9.92. The van der Waals surface area contributed by atoms with E-state index < -0.39 is 0 Å². The van der Waals surface area contributed by atoms with Gasteiger partial charge in [-0.15, -0.1) is 5.10 Å². The Morgan fingerprint density at radius 1 is 1.20 bits per heavy atom. The van der Waals surface area contributed by atoms with Crippen molar-refractivity contribution in [2.24, 2.45) is 5.92 Å². The van der Waals surface area contributed by atoms with Crippen LogP contribution in [0.1, 0.15) is 37.4 Å². The maximum atomic E-state index is 5.55. The second kappa shape index (κ2) is 5.33. The summed E-state index contributed by atoms with van der Waals surface area (Å²) in [7, 11) is 0. The third kappa shape index (κ3) is 2.20. The fourth-order valence-electron chi connectivity index (χ4n) is 3.85. The van der Waals surface area contributed by atoms with Crippen LogP contribution in [0.5, 0.6) is 0 Å². The molecular formula is C14H23N5O. The molecule has 3 unspecified atom stereocenters. The van der Waals surface area contributed by atoms with Crippen molar-refractivity contribution in [2.75, 3.05) is 37.7 Å². The predicted molar refractivity (Wildman–Crippen MR) is 75.9 cm³/mol. The number of anilines is 1. The smallest absolute Gasteiger partial charge is 0.245 e. The molecule has 6 heteroatoms. The largest absolute Gasteiger partial charge is 0.381 e. The van der Waals surface area contributed by atoms with Crippen LogP contribution in [0, 0.1) is 5.92 Å². The number of ether oxygens (including phenoxy) is 1. The Balaban J connectivity index is 1.51. The number of aromatic amines is 1. The number of piperidine rings is 1. The molecule has 3 fully saturated rings. The van der Waals surface area contributed by atoms with Gasteiger partial charge < -0.3 is 15.0 Å². The zero-order chi connectivity index (χ0) is 13.4. The fraction of sp³-hybridized carbons (Fsp3) is 0.857. The molecule has 0 amide bonds. The van der Waals surface area contributed by atoms with E-state index in [9.17, 15) is 0 Å². The topological polar surface area (TPSA) is 66.1 Å². The van der Waals surface area contributed by atoms with Crippen molar-refractivity contribution in [3.63, 3.8) is 0 Å². The molecule has 3 saturated heterocycles. The summed E-state index contributed by atoms with van der Waals surface area (Å²) in [4.78, 5) is 7.17. The van der Waals surface area contributed by atoms with Crippen molar-refractivity contribution < 1.29 is 4.74 Å². The summed E-state index contributed by atoms with van der Waals surface area (Å²) in [5.74, 6) is 3.06. The molecule has 4 heterocycles. The van der Waals surface area contributed by atoms with Gasteiger partial charge in [0.25, 0.3) is 0 Å². The maximum Gasteiger partial charge on any atom is 0.245 e. The third-order valence-electron chi connectivity index (χ3n) is 4.97. The molecular weight excluding hydrogens is 254 g/mol. The third-order valence-corrected chi connectivity index (χ3v) is 4.97. The highest BCUT2D eigenvalue weighted by atomic mass is 16.5. The highest BCUT2D eigenvalue weighted by molar-refractivity contribution is 5.34. The molecule has 0 bridgehead atoms. The van der Waals surface area contributed by atoms with Gasteiger partial charge in [-0.1, -0.05) is 0 Å². The van der Waals surface area contributed by atoms with Gasteiger partial charge in [0.15, 0.2) is 0 Å². The minimum Gasteiger partial charge on any atom is -0.381 e. The summed E-state index contributed by atoms with van der Waals surface area (Å²) >= 11 is 0. The van der Waals surface area contributed by atoms with Crippen molar-refractivity contribution >= 4 is 5.95 Å². The minimum atomic E-state index is 0.396. The van der Waals surface area contributed by atoms with Crippen molar-refractivity contribution in [3.05, 3.63) is 5.82 Å². The Kier molecular flexibility index (Phi) is 3.36. The molecule has 0 spiro atoms. The van der Waals surface area contributed by atoms with Crippen LogP contribution in [0.3, 0.4) is 0 Å². The number of nitrogens with one attached hydrogen (secondary N) is 2. The van der Waals surface area contributed by atoms with Crippen molar-refractivity contribution in [1.82, 2.24) is 20.5 Å². The number of aromatic nitrogens is 3. The number of hydrogen-bond acceptors (Lipinski definition) is 5. The van der Waals surface area contributed by atoms with Crippen LogP contribution >= 0.6 is 0 Å². The van der Waals surface area contributed by atoms with Gasteiger partial charge in [0, 0.05) is 38.2 Å².